The van der Waals surface area contributed by atoms with Gasteiger partial charge in [0.25, 0.3) is 5.56 Å². The van der Waals surface area contributed by atoms with Gasteiger partial charge in [0.15, 0.2) is 0 Å². The highest BCUT2D eigenvalue weighted by atomic mass is 16.4. The van der Waals surface area contributed by atoms with Gasteiger partial charge in [-0.25, -0.2) is 4.79 Å². The van der Waals surface area contributed by atoms with E-state index in [0.717, 1.165) is 18.8 Å². The molecule has 1 atom stereocenters. The molecule has 0 spiro atoms. The molecular weight excluding hydrogens is 205 g/mol. The first-order valence-electron chi connectivity index (χ1n) is 5.29. The van der Waals surface area contributed by atoms with Crippen LogP contribution in [0.15, 0.2) is 23.1 Å². The molecule has 0 aliphatic heterocycles. The minimum atomic E-state index is -1.07. The van der Waals surface area contributed by atoms with Crippen LogP contribution in [0.2, 0.25) is 13.1 Å². The fourth-order valence-corrected chi connectivity index (χ4v) is 1.53. The molecule has 4 nitrogen and oxygen atoms in total. The molecule has 0 saturated carbocycles. The third-order valence-corrected chi connectivity index (χ3v) is 2.54. The molecule has 0 saturated heterocycles. The van der Waals surface area contributed by atoms with Crippen molar-refractivity contribution in [1.82, 2.24) is 4.57 Å². The van der Waals surface area contributed by atoms with E-state index in [-0.39, 0.29) is 17.2 Å². The molecule has 1 heterocycles. The zero-order valence-corrected chi connectivity index (χ0v) is 9.51. The average molecular weight is 220 g/mol. The second-order valence-corrected chi connectivity index (χ2v) is 3.80. The maximum absolute atomic E-state index is 11.6. The van der Waals surface area contributed by atoms with E-state index in [2.05, 4.69) is 0 Å². The number of aromatic nitrogens is 1. The summed E-state index contributed by atoms with van der Waals surface area (Å²) in [6.45, 7) is 3.92. The molecule has 16 heavy (non-hydrogen) atoms. The normalized spacial score (nSPS) is 12.1. The zero-order valence-electron chi connectivity index (χ0n) is 9.51. The standard InChI is InChI=1S/C11H15BNO3/c1-8(3-5-12-2)13-6-4-9(11(15)16)7-10(13)14/h4,6-8H,3,5H2,1-2H3,(H,15,16). The lowest BCUT2D eigenvalue weighted by Crippen LogP contribution is -2.23. The van der Waals surface area contributed by atoms with Crippen LogP contribution in [0.25, 0.3) is 0 Å². The van der Waals surface area contributed by atoms with Gasteiger partial charge in [0.05, 0.1) is 5.56 Å². The quantitative estimate of drug-likeness (QED) is 0.767. The van der Waals surface area contributed by atoms with Crippen molar-refractivity contribution in [2.45, 2.75) is 32.5 Å². The summed E-state index contributed by atoms with van der Waals surface area (Å²) in [7, 11) is 2.05. The number of hydrogen-bond donors (Lipinski definition) is 1. The third kappa shape index (κ3) is 2.99. The molecule has 1 unspecified atom stereocenters. The summed E-state index contributed by atoms with van der Waals surface area (Å²) in [5.41, 5.74) is -0.223. The van der Waals surface area contributed by atoms with Gasteiger partial charge < -0.3 is 9.67 Å². The Kier molecular flexibility index (Phi) is 4.34. The molecule has 1 aromatic rings. The smallest absolute Gasteiger partial charge is 0.335 e. The predicted molar refractivity (Wildman–Crippen MR) is 63.4 cm³/mol. The van der Waals surface area contributed by atoms with Crippen molar-refractivity contribution in [3.05, 3.63) is 34.2 Å². The van der Waals surface area contributed by atoms with Gasteiger partial charge in [-0.05, 0) is 19.4 Å². The summed E-state index contributed by atoms with van der Waals surface area (Å²) >= 11 is 0. The Morgan fingerprint density at radius 3 is 2.81 bits per heavy atom. The van der Waals surface area contributed by atoms with Crippen LogP contribution in [0, 0.1) is 0 Å². The maximum atomic E-state index is 11.6. The fraction of sp³-hybridized carbons (Fsp3) is 0.455. The van der Waals surface area contributed by atoms with Crippen molar-refractivity contribution in [3.8, 4) is 0 Å². The molecule has 1 rings (SSSR count). The van der Waals surface area contributed by atoms with Gasteiger partial charge in [-0.15, -0.1) is 0 Å². The summed E-state index contributed by atoms with van der Waals surface area (Å²) in [5.74, 6) is -1.07. The van der Waals surface area contributed by atoms with Crippen LogP contribution in [-0.2, 0) is 0 Å². The molecule has 1 radical (unpaired) electrons. The number of rotatable bonds is 5. The second-order valence-electron chi connectivity index (χ2n) is 3.80. The van der Waals surface area contributed by atoms with Gasteiger partial charge in [0, 0.05) is 18.3 Å². The first kappa shape index (κ1) is 12.6. The van der Waals surface area contributed by atoms with Gasteiger partial charge >= 0.3 is 5.97 Å². The van der Waals surface area contributed by atoms with E-state index in [9.17, 15) is 9.59 Å². The minimum Gasteiger partial charge on any atom is -0.478 e. The summed E-state index contributed by atoms with van der Waals surface area (Å²) in [5, 5.41) is 8.73. The van der Waals surface area contributed by atoms with Crippen LogP contribution in [0.1, 0.15) is 29.7 Å². The molecule has 1 aromatic heterocycles. The number of carboxylic acids is 1. The van der Waals surface area contributed by atoms with Crippen LogP contribution in [-0.4, -0.2) is 22.9 Å². The molecule has 85 valence electrons. The summed E-state index contributed by atoms with van der Waals surface area (Å²) < 4.78 is 1.57. The Hall–Kier alpha value is -1.52. The van der Waals surface area contributed by atoms with Crippen molar-refractivity contribution in [1.29, 1.82) is 0 Å². The van der Waals surface area contributed by atoms with E-state index in [1.54, 1.807) is 10.8 Å². The van der Waals surface area contributed by atoms with E-state index in [1.807, 2.05) is 21.0 Å². The lowest BCUT2D eigenvalue weighted by Gasteiger charge is -2.14. The molecule has 5 heteroatoms. The molecule has 0 aliphatic rings. The monoisotopic (exact) mass is 220 g/mol. The van der Waals surface area contributed by atoms with Gasteiger partial charge in [-0.2, -0.15) is 0 Å². The first-order valence-corrected chi connectivity index (χ1v) is 5.29. The summed E-state index contributed by atoms with van der Waals surface area (Å²) in [6.07, 6.45) is 3.36. The van der Waals surface area contributed by atoms with Gasteiger partial charge in [0.1, 0.15) is 7.28 Å². The van der Waals surface area contributed by atoms with E-state index < -0.39 is 5.97 Å². The van der Waals surface area contributed by atoms with Crippen molar-refractivity contribution in [3.63, 3.8) is 0 Å². The minimum absolute atomic E-state index is 0.0375. The van der Waals surface area contributed by atoms with Crippen LogP contribution in [0.5, 0.6) is 0 Å². The van der Waals surface area contributed by atoms with E-state index in [1.165, 1.54) is 6.07 Å². The third-order valence-electron chi connectivity index (χ3n) is 2.54. The fourth-order valence-electron chi connectivity index (χ4n) is 1.53. The number of carbonyl (C=O) groups is 1. The summed E-state index contributed by atoms with van der Waals surface area (Å²) in [4.78, 5) is 22.3. The van der Waals surface area contributed by atoms with Crippen LogP contribution in [0.3, 0.4) is 0 Å². The molecule has 0 aromatic carbocycles. The van der Waals surface area contributed by atoms with Crippen molar-refractivity contribution >= 4 is 13.2 Å². The molecular formula is C11H15BNO3. The summed E-state index contributed by atoms with van der Waals surface area (Å²) in [6, 6.07) is 2.70. The number of pyridine rings is 1. The van der Waals surface area contributed by atoms with Crippen molar-refractivity contribution in [2.75, 3.05) is 0 Å². The topological polar surface area (TPSA) is 59.3 Å². The Bertz CT molecular complexity index is 427. The Balaban J connectivity index is 2.90. The SMILES string of the molecule is C[B]CCC(C)n1ccc(C(=O)O)cc1=O. The van der Waals surface area contributed by atoms with E-state index in [0.29, 0.717) is 0 Å². The number of aromatic carboxylic acids is 1. The molecule has 0 fully saturated rings. The zero-order chi connectivity index (χ0) is 12.1. The van der Waals surface area contributed by atoms with Gasteiger partial charge in [-0.3, -0.25) is 4.79 Å². The van der Waals surface area contributed by atoms with Crippen molar-refractivity contribution in [2.24, 2.45) is 0 Å². The predicted octanol–water partition coefficient (Wildman–Crippen LogP) is 1.67. The average Bonchev–Trinajstić information content (AvgIpc) is 2.25. The largest absolute Gasteiger partial charge is 0.478 e. The number of nitrogens with zero attached hydrogens (tertiary/aromatic N) is 1. The maximum Gasteiger partial charge on any atom is 0.335 e. The second kappa shape index (κ2) is 5.54. The van der Waals surface area contributed by atoms with Crippen molar-refractivity contribution < 1.29 is 9.90 Å². The van der Waals surface area contributed by atoms with Gasteiger partial charge in [-0.1, -0.05) is 13.1 Å². The molecule has 0 amide bonds. The highest BCUT2D eigenvalue weighted by Crippen LogP contribution is 2.10. The van der Waals surface area contributed by atoms with E-state index in [4.69, 9.17) is 5.11 Å². The van der Waals surface area contributed by atoms with Crippen LogP contribution in [0.4, 0.5) is 0 Å². The Labute approximate surface area is 95.2 Å². The van der Waals surface area contributed by atoms with Crippen LogP contribution >= 0.6 is 0 Å². The van der Waals surface area contributed by atoms with E-state index >= 15 is 0 Å². The molecule has 1 N–H and O–H groups in total. The number of hydrogen-bond acceptors (Lipinski definition) is 2. The lowest BCUT2D eigenvalue weighted by atomic mass is 9.76. The Morgan fingerprint density at radius 2 is 2.31 bits per heavy atom. The number of carboxylic acid groups (broad SMARTS) is 1. The highest BCUT2D eigenvalue weighted by molar-refractivity contribution is 6.33. The Morgan fingerprint density at radius 1 is 1.62 bits per heavy atom. The highest BCUT2D eigenvalue weighted by Gasteiger charge is 2.09. The molecule has 0 aliphatic carbocycles. The lowest BCUT2D eigenvalue weighted by molar-refractivity contribution is 0.0696. The van der Waals surface area contributed by atoms with Gasteiger partial charge in [0.2, 0.25) is 0 Å². The molecule has 0 bridgehead atoms. The first-order chi connectivity index (χ1) is 7.56. The van der Waals surface area contributed by atoms with Crippen LogP contribution < -0.4 is 5.56 Å².